The molecule has 0 bridgehead atoms. The largest absolute Gasteiger partial charge is 0.456 e. The van der Waals surface area contributed by atoms with Crippen LogP contribution in [0, 0.1) is 0 Å². The summed E-state index contributed by atoms with van der Waals surface area (Å²) < 4.78 is 7.74. The van der Waals surface area contributed by atoms with Crippen molar-refractivity contribution < 1.29 is 4.42 Å². The van der Waals surface area contributed by atoms with Gasteiger partial charge in [-0.25, -0.2) is 9.97 Å². The summed E-state index contributed by atoms with van der Waals surface area (Å²) in [6.45, 7) is 0. The minimum Gasteiger partial charge on any atom is -0.456 e. The molecule has 0 aliphatic carbocycles. The summed E-state index contributed by atoms with van der Waals surface area (Å²) >= 11 is 1.74. The fourth-order valence-corrected chi connectivity index (χ4v) is 8.07. The van der Waals surface area contributed by atoms with Gasteiger partial charge in [0, 0.05) is 43.6 Å². The van der Waals surface area contributed by atoms with Gasteiger partial charge in [-0.05, 0) is 47.0 Å². The number of para-hydroxylation sites is 2. The van der Waals surface area contributed by atoms with Crippen LogP contribution in [0.2, 0.25) is 0 Å². The molecule has 0 amide bonds. The summed E-state index contributed by atoms with van der Waals surface area (Å²) in [6, 6.07) is 55.5. The molecule has 0 unspecified atom stereocenters. The van der Waals surface area contributed by atoms with Crippen LogP contribution in [0.15, 0.2) is 162 Å². The first-order valence-electron chi connectivity index (χ1n) is 16.1. The number of furan rings is 1. The molecule has 7 aromatic carbocycles. The Bertz CT molecular complexity index is 2820. The Morgan fingerprint density at radius 3 is 1.90 bits per heavy atom. The van der Waals surface area contributed by atoms with Crippen molar-refractivity contribution in [2.24, 2.45) is 0 Å². The molecule has 0 atom stereocenters. The minimum absolute atomic E-state index is 0.863. The summed E-state index contributed by atoms with van der Waals surface area (Å²) in [5.74, 6) is 0. The van der Waals surface area contributed by atoms with Crippen LogP contribution in [0.4, 0.5) is 0 Å². The molecule has 0 spiro atoms. The summed E-state index contributed by atoms with van der Waals surface area (Å²) in [5.41, 5.74) is 11.6. The number of hydrogen-bond acceptors (Lipinski definition) is 4. The first-order valence-corrected chi connectivity index (χ1v) is 16.9. The Kier molecular flexibility index (Phi) is 6.05. The van der Waals surface area contributed by atoms with Crippen molar-refractivity contribution >= 4 is 65.2 Å². The third-order valence-electron chi connectivity index (χ3n) is 9.29. The van der Waals surface area contributed by atoms with E-state index in [1.165, 1.54) is 26.8 Å². The van der Waals surface area contributed by atoms with Gasteiger partial charge in [-0.1, -0.05) is 127 Å². The maximum atomic E-state index is 6.56. The van der Waals surface area contributed by atoms with E-state index in [2.05, 4.69) is 140 Å². The van der Waals surface area contributed by atoms with Crippen LogP contribution in [0.3, 0.4) is 0 Å². The highest BCUT2D eigenvalue weighted by atomic mass is 32.1. The van der Waals surface area contributed by atoms with Gasteiger partial charge < -0.3 is 4.42 Å². The van der Waals surface area contributed by atoms with Crippen LogP contribution in [0.25, 0.3) is 97.9 Å². The molecule has 0 fully saturated rings. The molecule has 224 valence electrons. The lowest BCUT2D eigenvalue weighted by Gasteiger charge is -2.16. The molecular weight excluding hydrogens is 605 g/mol. The second kappa shape index (κ2) is 10.7. The highest BCUT2D eigenvalue weighted by Gasteiger charge is 2.21. The van der Waals surface area contributed by atoms with Crippen molar-refractivity contribution in [3.05, 3.63) is 158 Å². The molecule has 48 heavy (non-hydrogen) atoms. The SMILES string of the molecule is c1ccc(-c2nc3ccc(-c4ccc(-c5c6c(cc7c(-c8ccccc8)nc8ccccc8c57)oc5ccccc56)cc4)cc3s2)cc1. The number of fused-ring (bicyclic) bond motifs is 7. The molecule has 0 radical (unpaired) electrons. The lowest BCUT2D eigenvalue weighted by atomic mass is 9.89. The van der Waals surface area contributed by atoms with E-state index in [0.717, 1.165) is 71.1 Å². The van der Waals surface area contributed by atoms with E-state index in [9.17, 15) is 0 Å². The second-order valence-corrected chi connectivity index (χ2v) is 13.2. The quantitative estimate of drug-likeness (QED) is 0.182. The van der Waals surface area contributed by atoms with Crippen molar-refractivity contribution in [2.75, 3.05) is 0 Å². The van der Waals surface area contributed by atoms with Crippen molar-refractivity contribution in [3.8, 4) is 44.1 Å². The van der Waals surface area contributed by atoms with E-state index in [4.69, 9.17) is 14.4 Å². The van der Waals surface area contributed by atoms with Gasteiger partial charge in [0.05, 0.1) is 21.4 Å². The second-order valence-electron chi connectivity index (χ2n) is 12.1. The first-order chi connectivity index (χ1) is 23.8. The predicted octanol–water partition coefficient (Wildman–Crippen LogP) is 12.6. The van der Waals surface area contributed by atoms with Gasteiger partial charge in [-0.3, -0.25) is 0 Å². The van der Waals surface area contributed by atoms with Crippen LogP contribution < -0.4 is 0 Å². The van der Waals surface area contributed by atoms with E-state index in [0.29, 0.717) is 0 Å². The number of benzene rings is 7. The van der Waals surface area contributed by atoms with Crippen molar-refractivity contribution in [1.29, 1.82) is 0 Å². The first kappa shape index (κ1) is 27.1. The summed E-state index contributed by atoms with van der Waals surface area (Å²) in [5, 5.41) is 6.67. The lowest BCUT2D eigenvalue weighted by molar-refractivity contribution is 0.669. The molecule has 3 heterocycles. The van der Waals surface area contributed by atoms with Crippen molar-refractivity contribution in [3.63, 3.8) is 0 Å². The Morgan fingerprint density at radius 2 is 1.08 bits per heavy atom. The smallest absolute Gasteiger partial charge is 0.136 e. The molecule has 3 aromatic heterocycles. The van der Waals surface area contributed by atoms with E-state index in [1.807, 2.05) is 18.2 Å². The van der Waals surface area contributed by atoms with E-state index >= 15 is 0 Å². The van der Waals surface area contributed by atoms with Gasteiger partial charge in [0.2, 0.25) is 0 Å². The molecule has 3 nitrogen and oxygen atoms in total. The number of nitrogens with zero attached hydrogens (tertiary/aromatic N) is 2. The average molecular weight is 631 g/mol. The third-order valence-corrected chi connectivity index (χ3v) is 10.4. The Hall–Kier alpha value is -6.10. The monoisotopic (exact) mass is 630 g/mol. The van der Waals surface area contributed by atoms with Crippen LogP contribution in [-0.2, 0) is 0 Å². The topological polar surface area (TPSA) is 38.9 Å². The number of rotatable bonds is 4. The number of pyridine rings is 1. The van der Waals surface area contributed by atoms with Crippen LogP contribution in [0.5, 0.6) is 0 Å². The fraction of sp³-hybridized carbons (Fsp3) is 0. The fourth-order valence-electron chi connectivity index (χ4n) is 7.06. The number of hydrogen-bond donors (Lipinski definition) is 0. The Balaban J connectivity index is 1.21. The molecule has 0 aliphatic heterocycles. The maximum absolute atomic E-state index is 6.56. The molecule has 10 rings (SSSR count). The maximum Gasteiger partial charge on any atom is 0.136 e. The zero-order valence-electron chi connectivity index (χ0n) is 25.7. The summed E-state index contributed by atoms with van der Waals surface area (Å²) in [4.78, 5) is 10.1. The lowest BCUT2D eigenvalue weighted by Crippen LogP contribution is -1.93. The molecular formula is C44H26N2OS. The number of aromatic nitrogens is 2. The third kappa shape index (κ3) is 4.27. The predicted molar refractivity (Wildman–Crippen MR) is 201 cm³/mol. The van der Waals surface area contributed by atoms with E-state index in [1.54, 1.807) is 11.3 Å². The molecule has 0 saturated carbocycles. The van der Waals surface area contributed by atoms with Gasteiger partial charge in [-0.2, -0.15) is 0 Å². The summed E-state index contributed by atoms with van der Waals surface area (Å²) in [7, 11) is 0. The summed E-state index contributed by atoms with van der Waals surface area (Å²) in [6.07, 6.45) is 0. The molecule has 0 saturated heterocycles. The molecule has 0 N–H and O–H groups in total. The van der Waals surface area contributed by atoms with Gasteiger partial charge in [-0.15, -0.1) is 11.3 Å². The molecule has 4 heteroatoms. The molecule has 10 aromatic rings. The van der Waals surface area contributed by atoms with Crippen LogP contribution in [-0.4, -0.2) is 9.97 Å². The van der Waals surface area contributed by atoms with Crippen molar-refractivity contribution in [1.82, 2.24) is 9.97 Å². The zero-order valence-corrected chi connectivity index (χ0v) is 26.5. The Labute approximate surface area is 280 Å². The van der Waals surface area contributed by atoms with Gasteiger partial charge >= 0.3 is 0 Å². The normalized spacial score (nSPS) is 11.8. The Morgan fingerprint density at radius 1 is 0.417 bits per heavy atom. The van der Waals surface area contributed by atoms with E-state index in [-0.39, 0.29) is 0 Å². The van der Waals surface area contributed by atoms with Crippen LogP contribution in [0.1, 0.15) is 0 Å². The van der Waals surface area contributed by atoms with Gasteiger partial charge in [0.25, 0.3) is 0 Å². The average Bonchev–Trinajstić information content (AvgIpc) is 3.76. The zero-order chi connectivity index (χ0) is 31.6. The van der Waals surface area contributed by atoms with Crippen LogP contribution >= 0.6 is 11.3 Å². The standard InChI is InChI=1S/C44H26N2OS/c1-3-11-29(12-4-1)43-34-26-38-42(33-16-8-10-18-37(33)47-38)40(41(34)32-15-7-9-17-35(32)45-43)28-21-19-27(20-22-28)31-23-24-36-39(25-31)48-44(46-36)30-13-5-2-6-14-30/h1-26H. The van der Waals surface area contributed by atoms with E-state index < -0.39 is 0 Å². The molecule has 0 aliphatic rings. The number of thiazole rings is 1. The van der Waals surface area contributed by atoms with Crippen molar-refractivity contribution in [2.45, 2.75) is 0 Å². The van der Waals surface area contributed by atoms with Gasteiger partial charge in [0.1, 0.15) is 16.2 Å². The highest BCUT2D eigenvalue weighted by Crippen LogP contribution is 2.46. The van der Waals surface area contributed by atoms with Gasteiger partial charge in [0.15, 0.2) is 0 Å². The highest BCUT2D eigenvalue weighted by molar-refractivity contribution is 7.21. The minimum atomic E-state index is 0.863.